The Bertz CT molecular complexity index is 836. The van der Waals surface area contributed by atoms with E-state index < -0.39 is 0 Å². The highest BCUT2D eigenvalue weighted by atomic mass is 32.1. The first-order valence-corrected chi connectivity index (χ1v) is 10.5. The van der Waals surface area contributed by atoms with Crippen LogP contribution in [0, 0.1) is 5.41 Å². The van der Waals surface area contributed by atoms with E-state index in [1.165, 1.54) is 12.8 Å². The van der Waals surface area contributed by atoms with E-state index in [4.69, 9.17) is 14.7 Å². The van der Waals surface area contributed by atoms with Gasteiger partial charge in [0, 0.05) is 37.0 Å². The van der Waals surface area contributed by atoms with Crippen LogP contribution in [0.1, 0.15) is 19.3 Å². The molecule has 7 nitrogen and oxygen atoms in total. The van der Waals surface area contributed by atoms with E-state index in [1.807, 2.05) is 6.07 Å². The summed E-state index contributed by atoms with van der Waals surface area (Å²) >= 11 is 1.58. The van der Waals surface area contributed by atoms with E-state index in [-0.39, 0.29) is 0 Å². The highest BCUT2D eigenvalue weighted by Crippen LogP contribution is 2.39. The van der Waals surface area contributed by atoms with Crippen molar-refractivity contribution in [2.45, 2.75) is 19.3 Å². The van der Waals surface area contributed by atoms with Crippen LogP contribution in [0.25, 0.3) is 11.4 Å². The summed E-state index contributed by atoms with van der Waals surface area (Å²) in [6.45, 7) is 5.79. The van der Waals surface area contributed by atoms with Gasteiger partial charge in [-0.15, -0.1) is 11.3 Å². The van der Waals surface area contributed by atoms with Gasteiger partial charge in [0.05, 0.1) is 18.9 Å². The molecule has 2 N–H and O–H groups in total. The molecule has 27 heavy (non-hydrogen) atoms. The second-order valence-corrected chi connectivity index (χ2v) is 8.39. The summed E-state index contributed by atoms with van der Waals surface area (Å²) in [7, 11) is 0. The van der Waals surface area contributed by atoms with Gasteiger partial charge >= 0.3 is 0 Å². The number of ether oxygens (including phenoxy) is 1. The van der Waals surface area contributed by atoms with Crippen molar-refractivity contribution in [3.8, 4) is 11.4 Å². The molecule has 2 fully saturated rings. The number of hydrogen-bond acceptors (Lipinski definition) is 8. The summed E-state index contributed by atoms with van der Waals surface area (Å²) in [5, 5.41) is 9.42. The highest BCUT2D eigenvalue weighted by Gasteiger charge is 2.41. The minimum Gasteiger partial charge on any atom is -0.380 e. The number of anilines is 2. The van der Waals surface area contributed by atoms with Crippen molar-refractivity contribution in [2.75, 3.05) is 49.6 Å². The van der Waals surface area contributed by atoms with Crippen LogP contribution < -0.4 is 15.5 Å². The Labute approximate surface area is 162 Å². The van der Waals surface area contributed by atoms with E-state index in [2.05, 4.69) is 38.0 Å². The first-order chi connectivity index (χ1) is 13.3. The maximum absolute atomic E-state index is 5.43. The SMILES string of the molecule is c1cc(-c2csc(NC3=NCCCN3)n2)nc(N2CCC3(CC2)COC3)c1. The van der Waals surface area contributed by atoms with Gasteiger partial charge in [0.1, 0.15) is 11.5 Å². The lowest BCUT2D eigenvalue weighted by atomic mass is 9.77. The van der Waals surface area contributed by atoms with Crippen LogP contribution in [-0.2, 0) is 4.74 Å². The second kappa shape index (κ2) is 7.09. The number of aliphatic imine (C=N–C) groups is 1. The third kappa shape index (κ3) is 3.51. The summed E-state index contributed by atoms with van der Waals surface area (Å²) < 4.78 is 5.43. The third-order valence-corrected chi connectivity index (χ3v) is 6.35. The molecule has 5 rings (SSSR count). The van der Waals surface area contributed by atoms with Crippen molar-refractivity contribution in [3.05, 3.63) is 23.6 Å². The van der Waals surface area contributed by atoms with Gasteiger partial charge in [-0.05, 0) is 31.4 Å². The van der Waals surface area contributed by atoms with Crippen molar-refractivity contribution in [2.24, 2.45) is 10.4 Å². The number of thiazole rings is 1. The number of piperidine rings is 1. The molecule has 3 aliphatic rings. The van der Waals surface area contributed by atoms with Gasteiger partial charge in [-0.3, -0.25) is 4.99 Å². The van der Waals surface area contributed by atoms with Gasteiger partial charge in [0.2, 0.25) is 0 Å². The zero-order valence-corrected chi connectivity index (χ0v) is 16.1. The van der Waals surface area contributed by atoms with Gasteiger partial charge in [-0.1, -0.05) is 6.07 Å². The van der Waals surface area contributed by atoms with Crippen molar-refractivity contribution in [1.82, 2.24) is 15.3 Å². The zero-order valence-electron chi connectivity index (χ0n) is 15.3. The smallest absolute Gasteiger partial charge is 0.197 e. The average Bonchev–Trinajstić information content (AvgIpc) is 3.16. The lowest BCUT2D eigenvalue weighted by molar-refractivity contribution is -0.124. The maximum atomic E-state index is 5.43. The van der Waals surface area contributed by atoms with E-state index in [0.717, 1.165) is 74.1 Å². The minimum absolute atomic E-state index is 0.444. The minimum atomic E-state index is 0.444. The second-order valence-electron chi connectivity index (χ2n) is 7.53. The largest absolute Gasteiger partial charge is 0.380 e. The molecule has 0 aromatic carbocycles. The molecule has 3 aliphatic heterocycles. The Balaban J connectivity index is 1.28. The quantitative estimate of drug-likeness (QED) is 0.847. The van der Waals surface area contributed by atoms with Crippen LogP contribution >= 0.6 is 11.3 Å². The average molecular weight is 385 g/mol. The predicted molar refractivity (Wildman–Crippen MR) is 109 cm³/mol. The monoisotopic (exact) mass is 384 g/mol. The fourth-order valence-corrected chi connectivity index (χ4v) is 4.50. The van der Waals surface area contributed by atoms with E-state index >= 15 is 0 Å². The Morgan fingerprint density at radius 3 is 2.78 bits per heavy atom. The topological polar surface area (TPSA) is 74.7 Å². The van der Waals surface area contributed by atoms with Crippen molar-refractivity contribution in [1.29, 1.82) is 0 Å². The molecule has 2 saturated heterocycles. The fourth-order valence-electron chi connectivity index (χ4n) is 3.80. The number of nitrogens with zero attached hydrogens (tertiary/aromatic N) is 4. The van der Waals surface area contributed by atoms with Crippen LogP contribution in [-0.4, -0.2) is 55.3 Å². The lowest BCUT2D eigenvalue weighted by Crippen LogP contribution is -2.51. The molecular weight excluding hydrogens is 360 g/mol. The summed E-state index contributed by atoms with van der Waals surface area (Å²) in [6.07, 6.45) is 3.47. The lowest BCUT2D eigenvalue weighted by Gasteiger charge is -2.47. The molecule has 5 heterocycles. The zero-order chi connectivity index (χ0) is 18.1. The Hall–Kier alpha value is -2.19. The van der Waals surface area contributed by atoms with E-state index in [0.29, 0.717) is 5.41 Å². The summed E-state index contributed by atoms with van der Waals surface area (Å²) in [5.41, 5.74) is 2.27. The summed E-state index contributed by atoms with van der Waals surface area (Å²) in [4.78, 5) is 16.4. The van der Waals surface area contributed by atoms with Crippen LogP contribution in [0.4, 0.5) is 10.9 Å². The number of nitrogens with one attached hydrogen (secondary N) is 2. The van der Waals surface area contributed by atoms with E-state index in [9.17, 15) is 0 Å². The van der Waals surface area contributed by atoms with E-state index in [1.54, 1.807) is 11.3 Å². The molecular formula is C19H24N6OS. The molecule has 0 bridgehead atoms. The molecule has 0 amide bonds. The van der Waals surface area contributed by atoms with Crippen molar-refractivity contribution >= 4 is 28.2 Å². The predicted octanol–water partition coefficient (Wildman–Crippen LogP) is 2.58. The Morgan fingerprint density at radius 2 is 2.04 bits per heavy atom. The molecule has 0 atom stereocenters. The fraction of sp³-hybridized carbons (Fsp3) is 0.526. The highest BCUT2D eigenvalue weighted by molar-refractivity contribution is 7.14. The van der Waals surface area contributed by atoms with Gasteiger partial charge < -0.3 is 20.3 Å². The molecule has 0 radical (unpaired) electrons. The van der Waals surface area contributed by atoms with Crippen molar-refractivity contribution in [3.63, 3.8) is 0 Å². The summed E-state index contributed by atoms with van der Waals surface area (Å²) in [5.74, 6) is 1.86. The number of pyridine rings is 1. The Kier molecular flexibility index (Phi) is 4.45. The first-order valence-electron chi connectivity index (χ1n) is 9.61. The molecule has 1 spiro atoms. The van der Waals surface area contributed by atoms with Crippen LogP contribution in [0.5, 0.6) is 0 Å². The number of guanidine groups is 1. The van der Waals surface area contributed by atoms with Gasteiger partial charge in [0.25, 0.3) is 0 Å². The number of aromatic nitrogens is 2. The normalized spacial score (nSPS) is 21.3. The first kappa shape index (κ1) is 16.9. The number of hydrogen-bond donors (Lipinski definition) is 2. The molecule has 2 aromatic heterocycles. The summed E-state index contributed by atoms with van der Waals surface area (Å²) in [6, 6.07) is 6.21. The van der Waals surface area contributed by atoms with Gasteiger partial charge in [-0.2, -0.15) is 0 Å². The molecule has 2 aromatic rings. The van der Waals surface area contributed by atoms with Crippen molar-refractivity contribution < 1.29 is 4.74 Å². The maximum Gasteiger partial charge on any atom is 0.197 e. The van der Waals surface area contributed by atoms with Crippen LogP contribution in [0.2, 0.25) is 0 Å². The number of rotatable bonds is 3. The molecule has 0 aliphatic carbocycles. The van der Waals surface area contributed by atoms with Crippen LogP contribution in [0.15, 0.2) is 28.6 Å². The standard InChI is InChI=1S/C19H24N6OS/c1-3-14(15-11-27-18(23-15)24-17-20-7-2-8-21-17)22-16(4-1)25-9-5-19(6-10-25)12-26-13-19/h1,3-4,11H,2,5-10,12-13H2,(H2,20,21,23,24). The molecule has 142 valence electrons. The molecule has 0 unspecified atom stereocenters. The Morgan fingerprint density at radius 1 is 1.15 bits per heavy atom. The van der Waals surface area contributed by atoms with Gasteiger partial charge in [-0.25, -0.2) is 9.97 Å². The van der Waals surface area contributed by atoms with Gasteiger partial charge in [0.15, 0.2) is 11.1 Å². The third-order valence-electron chi connectivity index (χ3n) is 5.59. The molecule has 0 saturated carbocycles. The van der Waals surface area contributed by atoms with Crippen LogP contribution in [0.3, 0.4) is 0 Å². The molecule has 8 heteroatoms.